The number of nitrogens with zero attached hydrogens (tertiary/aromatic N) is 4. The molecule has 0 amide bonds. The van der Waals surface area contributed by atoms with Crippen LogP contribution >= 0.6 is 11.6 Å². The first-order chi connectivity index (χ1) is 15.4. The number of aromatic nitrogens is 3. The van der Waals surface area contributed by atoms with Crippen LogP contribution in [0.3, 0.4) is 0 Å². The van der Waals surface area contributed by atoms with Crippen molar-refractivity contribution >= 4 is 40.2 Å². The van der Waals surface area contributed by atoms with Gasteiger partial charge in [-0.05, 0) is 38.1 Å². The number of morpholine rings is 1. The number of pyridine rings is 1. The molecule has 3 aromatic rings. The van der Waals surface area contributed by atoms with Gasteiger partial charge in [-0.15, -0.1) is 0 Å². The smallest absolute Gasteiger partial charge is 0.202 e. The number of hydroxylamine groups is 1. The molecule has 9 nitrogen and oxygen atoms in total. The summed E-state index contributed by atoms with van der Waals surface area (Å²) in [6.45, 7) is 7.50. The standard InChI is InChI=1S/C21H25ClFN7O2/c1-12-10-30(11-13(2)32-12)8-7-25-21-27-18-15(5-6-24-20(18)28-21)19(29-31)26-14-3-4-17(23)16(22)9-14/h3-6,9,12-13,31H,7-8,10-11H2,1-2H3,(H,26,29)(H2,24,25,27,28)/t12-,13+. The molecule has 1 aliphatic heterocycles. The fourth-order valence-electron chi connectivity index (χ4n) is 3.82. The maximum Gasteiger partial charge on any atom is 0.202 e. The molecule has 3 heterocycles. The highest BCUT2D eigenvalue weighted by atomic mass is 35.5. The van der Waals surface area contributed by atoms with Crippen molar-refractivity contribution in [2.24, 2.45) is 4.99 Å². The monoisotopic (exact) mass is 461 g/mol. The van der Waals surface area contributed by atoms with Crippen LogP contribution < -0.4 is 10.8 Å². The van der Waals surface area contributed by atoms with Gasteiger partial charge in [0.15, 0.2) is 11.5 Å². The Kier molecular flexibility index (Phi) is 6.85. The van der Waals surface area contributed by atoms with E-state index in [4.69, 9.17) is 16.3 Å². The van der Waals surface area contributed by atoms with Crippen molar-refractivity contribution in [3.8, 4) is 0 Å². The van der Waals surface area contributed by atoms with E-state index in [2.05, 4.69) is 49.5 Å². The van der Waals surface area contributed by atoms with E-state index < -0.39 is 5.82 Å². The zero-order valence-corrected chi connectivity index (χ0v) is 18.5. The van der Waals surface area contributed by atoms with Crippen LogP contribution in [0.5, 0.6) is 0 Å². The highest BCUT2D eigenvalue weighted by Gasteiger charge is 2.21. The summed E-state index contributed by atoms with van der Waals surface area (Å²) in [6, 6.07) is 5.74. The number of aromatic amines is 1. The van der Waals surface area contributed by atoms with Gasteiger partial charge in [0, 0.05) is 37.9 Å². The number of amidine groups is 1. The second kappa shape index (κ2) is 9.78. The topological polar surface area (TPSA) is 111 Å². The lowest BCUT2D eigenvalue weighted by atomic mass is 10.2. The minimum absolute atomic E-state index is 0.0551. The van der Waals surface area contributed by atoms with Gasteiger partial charge in [0.25, 0.3) is 0 Å². The van der Waals surface area contributed by atoms with Gasteiger partial charge < -0.3 is 15.0 Å². The lowest BCUT2D eigenvalue weighted by molar-refractivity contribution is -0.0667. The van der Waals surface area contributed by atoms with E-state index in [1.807, 2.05) is 0 Å². The Morgan fingerprint density at radius 3 is 2.84 bits per heavy atom. The summed E-state index contributed by atoms with van der Waals surface area (Å²) in [7, 11) is 0. The number of imidazole rings is 1. The van der Waals surface area contributed by atoms with E-state index in [0.29, 0.717) is 34.9 Å². The summed E-state index contributed by atoms with van der Waals surface area (Å²) in [4.78, 5) is 18.6. The molecule has 0 unspecified atom stereocenters. The summed E-state index contributed by atoms with van der Waals surface area (Å²) >= 11 is 5.83. The Hall–Kier alpha value is -2.79. The third kappa shape index (κ3) is 5.16. The lowest BCUT2D eigenvalue weighted by Crippen LogP contribution is -2.46. The van der Waals surface area contributed by atoms with Gasteiger partial charge in [0.1, 0.15) is 5.82 Å². The zero-order valence-electron chi connectivity index (χ0n) is 17.8. The first-order valence-corrected chi connectivity index (χ1v) is 10.7. The molecule has 0 bridgehead atoms. The van der Waals surface area contributed by atoms with Crippen molar-refractivity contribution in [1.82, 2.24) is 25.3 Å². The number of ether oxygens (including phenoxy) is 1. The van der Waals surface area contributed by atoms with Crippen molar-refractivity contribution in [3.63, 3.8) is 0 Å². The molecule has 0 aliphatic carbocycles. The van der Waals surface area contributed by atoms with E-state index in [1.165, 1.54) is 18.2 Å². The van der Waals surface area contributed by atoms with Crippen molar-refractivity contribution in [2.75, 3.05) is 31.5 Å². The molecule has 0 spiro atoms. The van der Waals surface area contributed by atoms with E-state index in [9.17, 15) is 9.60 Å². The van der Waals surface area contributed by atoms with Crippen LogP contribution in [0.1, 0.15) is 19.4 Å². The predicted octanol–water partition coefficient (Wildman–Crippen LogP) is 3.33. The third-order valence-electron chi connectivity index (χ3n) is 5.11. The van der Waals surface area contributed by atoms with E-state index >= 15 is 0 Å². The zero-order chi connectivity index (χ0) is 22.7. The average Bonchev–Trinajstić information content (AvgIpc) is 3.17. The van der Waals surface area contributed by atoms with Gasteiger partial charge in [0.05, 0.1) is 28.4 Å². The van der Waals surface area contributed by atoms with Crippen LogP contribution in [0.2, 0.25) is 5.02 Å². The van der Waals surface area contributed by atoms with Crippen LogP contribution in [-0.4, -0.2) is 69.3 Å². The minimum Gasteiger partial charge on any atom is -0.373 e. The molecule has 1 aliphatic rings. The molecule has 0 saturated carbocycles. The van der Waals surface area contributed by atoms with E-state index in [-0.39, 0.29) is 23.1 Å². The number of nitrogens with one attached hydrogen (secondary N) is 3. The largest absolute Gasteiger partial charge is 0.373 e. The molecule has 170 valence electrons. The summed E-state index contributed by atoms with van der Waals surface area (Å²) < 4.78 is 19.2. The number of aliphatic imine (C=N–C) groups is 1. The van der Waals surface area contributed by atoms with Crippen molar-refractivity contribution in [1.29, 1.82) is 0 Å². The number of hydrogen-bond acceptors (Lipinski definition) is 7. The maximum atomic E-state index is 13.4. The van der Waals surface area contributed by atoms with Crippen LogP contribution in [0.25, 0.3) is 11.2 Å². The fourth-order valence-corrected chi connectivity index (χ4v) is 4.00. The van der Waals surface area contributed by atoms with E-state index in [0.717, 1.165) is 19.6 Å². The van der Waals surface area contributed by atoms with E-state index in [1.54, 1.807) is 12.3 Å². The molecule has 11 heteroatoms. The average molecular weight is 462 g/mol. The molecular formula is C21H25ClFN7O2. The van der Waals surface area contributed by atoms with Crippen LogP contribution in [0.15, 0.2) is 35.5 Å². The normalized spacial score (nSPS) is 20.0. The summed E-state index contributed by atoms with van der Waals surface area (Å²) in [5.74, 6) is 0.170. The molecule has 2 atom stereocenters. The number of benzene rings is 1. The molecule has 4 rings (SSSR count). The van der Waals surface area contributed by atoms with Crippen LogP contribution in [0.4, 0.5) is 16.0 Å². The number of hydrogen-bond donors (Lipinski definition) is 4. The number of anilines is 1. The second-order valence-corrected chi connectivity index (χ2v) is 8.16. The van der Waals surface area contributed by atoms with Crippen LogP contribution in [0, 0.1) is 5.82 Å². The lowest BCUT2D eigenvalue weighted by Gasteiger charge is -2.35. The Bertz CT molecular complexity index is 1110. The summed E-state index contributed by atoms with van der Waals surface area (Å²) in [6.07, 6.45) is 2.01. The van der Waals surface area contributed by atoms with Crippen molar-refractivity contribution in [3.05, 3.63) is 46.9 Å². The van der Waals surface area contributed by atoms with Gasteiger partial charge in [-0.2, -0.15) is 4.98 Å². The molecule has 1 saturated heterocycles. The molecule has 1 fully saturated rings. The van der Waals surface area contributed by atoms with Crippen molar-refractivity contribution < 1.29 is 14.3 Å². The number of H-pyrrole nitrogens is 1. The van der Waals surface area contributed by atoms with Gasteiger partial charge in [-0.25, -0.2) is 14.4 Å². The number of halogens is 2. The van der Waals surface area contributed by atoms with Gasteiger partial charge >= 0.3 is 0 Å². The first-order valence-electron chi connectivity index (χ1n) is 10.3. The molecular weight excluding hydrogens is 437 g/mol. The Balaban J connectivity index is 1.51. The van der Waals surface area contributed by atoms with Gasteiger partial charge in [-0.1, -0.05) is 11.6 Å². The molecule has 4 N–H and O–H groups in total. The quantitative estimate of drug-likeness (QED) is 0.253. The highest BCUT2D eigenvalue weighted by Crippen LogP contribution is 2.23. The van der Waals surface area contributed by atoms with Crippen molar-refractivity contribution in [2.45, 2.75) is 26.1 Å². The SMILES string of the molecule is C[C@@H]1CN(CCNc2nc3nccc(C(=Nc4ccc(F)c(Cl)c4)NO)c3[nH]2)C[C@H](C)O1. The summed E-state index contributed by atoms with van der Waals surface area (Å²) in [5.41, 5.74) is 4.09. The maximum absolute atomic E-state index is 13.4. The Labute approximate surface area is 189 Å². The minimum atomic E-state index is -0.541. The first kappa shape index (κ1) is 22.4. The molecule has 2 aromatic heterocycles. The fraction of sp³-hybridized carbons (Fsp3) is 0.381. The molecule has 1 aromatic carbocycles. The highest BCUT2D eigenvalue weighted by molar-refractivity contribution is 6.31. The molecule has 0 radical (unpaired) electrons. The van der Waals surface area contributed by atoms with Gasteiger partial charge in [0.2, 0.25) is 5.95 Å². The Morgan fingerprint density at radius 1 is 1.34 bits per heavy atom. The number of fused-ring (bicyclic) bond motifs is 1. The Morgan fingerprint density at radius 2 is 2.12 bits per heavy atom. The third-order valence-corrected chi connectivity index (χ3v) is 5.40. The molecule has 32 heavy (non-hydrogen) atoms. The predicted molar refractivity (Wildman–Crippen MR) is 121 cm³/mol. The van der Waals surface area contributed by atoms with Crippen LogP contribution in [-0.2, 0) is 4.74 Å². The number of rotatable bonds is 6. The second-order valence-electron chi connectivity index (χ2n) is 7.76. The summed E-state index contributed by atoms with van der Waals surface area (Å²) in [5, 5.41) is 12.9. The van der Waals surface area contributed by atoms with Gasteiger partial charge in [-0.3, -0.25) is 15.6 Å².